The molecule has 4 nitrogen and oxygen atoms in total. The smallest absolute Gasteiger partial charge is 0.114 e. The molecule has 2 aliphatic rings. The Hall–Kier alpha value is -1.72. The second-order valence-electron chi connectivity index (χ2n) is 8.29. The fourth-order valence-electron chi connectivity index (χ4n) is 4.59. The van der Waals surface area contributed by atoms with E-state index in [2.05, 4.69) is 49.9 Å². The van der Waals surface area contributed by atoms with Gasteiger partial charge in [0.15, 0.2) is 0 Å². The van der Waals surface area contributed by atoms with Gasteiger partial charge in [0, 0.05) is 19.6 Å². The summed E-state index contributed by atoms with van der Waals surface area (Å²) >= 11 is 0. The summed E-state index contributed by atoms with van der Waals surface area (Å²) in [7, 11) is 0. The van der Waals surface area contributed by atoms with E-state index in [9.17, 15) is 10.2 Å². The molecule has 158 valence electrons. The molecular formula is C25H34O4. The van der Waals surface area contributed by atoms with Crippen molar-refractivity contribution >= 4 is 0 Å². The minimum Gasteiger partial charge on any atom is -0.396 e. The summed E-state index contributed by atoms with van der Waals surface area (Å²) in [6, 6.07) is 10.7. The Morgan fingerprint density at radius 3 is 2.66 bits per heavy atom. The third-order valence-corrected chi connectivity index (χ3v) is 6.40. The summed E-state index contributed by atoms with van der Waals surface area (Å²) in [6.07, 6.45) is 6.17. The fourth-order valence-corrected chi connectivity index (χ4v) is 4.59. The molecule has 0 aromatic heterocycles. The topological polar surface area (TPSA) is 69.9 Å². The normalized spacial score (nSPS) is 33.4. The van der Waals surface area contributed by atoms with Crippen molar-refractivity contribution in [3.8, 4) is 0 Å². The summed E-state index contributed by atoms with van der Waals surface area (Å²) in [5.41, 5.74) is 4.31. The van der Waals surface area contributed by atoms with Crippen LogP contribution in [0.4, 0.5) is 0 Å². The molecule has 4 heteroatoms. The summed E-state index contributed by atoms with van der Waals surface area (Å²) in [5.74, 6) is 0.994. The average molecular weight is 399 g/mol. The lowest BCUT2D eigenvalue weighted by Gasteiger charge is -2.35. The molecule has 0 saturated heterocycles. The highest BCUT2D eigenvalue weighted by Gasteiger charge is 2.36. The van der Waals surface area contributed by atoms with Crippen molar-refractivity contribution in [2.75, 3.05) is 13.2 Å². The number of benzene rings is 1. The fraction of sp³-hybridized carbons (Fsp3) is 0.520. The molecule has 1 aromatic rings. The lowest BCUT2D eigenvalue weighted by atomic mass is 9.73. The van der Waals surface area contributed by atoms with Crippen LogP contribution in [-0.4, -0.2) is 46.8 Å². The Morgan fingerprint density at radius 1 is 1.17 bits per heavy atom. The Morgan fingerprint density at radius 2 is 1.93 bits per heavy atom. The maximum atomic E-state index is 10.5. The highest BCUT2D eigenvalue weighted by molar-refractivity contribution is 5.40. The van der Waals surface area contributed by atoms with Gasteiger partial charge in [-0.2, -0.15) is 0 Å². The average Bonchev–Trinajstić information content (AvgIpc) is 2.73. The second-order valence-corrected chi connectivity index (χ2v) is 8.29. The molecule has 3 rings (SSSR count). The van der Waals surface area contributed by atoms with Crippen LogP contribution in [0.5, 0.6) is 0 Å². The predicted octanol–water partition coefficient (Wildman–Crippen LogP) is 3.89. The molecule has 2 aliphatic carbocycles. The standard InChI is InChI=1S/C25H34O4/c1-17-19(10-6-11-22(17)20-8-4-3-5-9-20)12-13-21-16-23(27)25(24(28)18(21)2)29-15-7-14-26/h3-5,8-9,12-13,17,22-28H,2,6-7,10-11,14-16H2,1H3/b19-12+,21-13-/t17-,22-,23+,24+,25-/m0/s1. The van der Waals surface area contributed by atoms with E-state index < -0.39 is 18.3 Å². The first-order valence-corrected chi connectivity index (χ1v) is 10.7. The number of aliphatic hydroxyl groups is 3. The summed E-state index contributed by atoms with van der Waals surface area (Å²) in [6.45, 7) is 6.68. The highest BCUT2D eigenvalue weighted by atomic mass is 16.5. The molecule has 0 spiro atoms. The third kappa shape index (κ3) is 5.26. The SMILES string of the molecule is C=C1/C(=C\C=C2/CCC[C@H](c3ccccc3)[C@H]2C)C[C@@H](O)[C@H](OCCCO)[C@@H]1O. The number of rotatable bonds is 6. The Kier molecular flexibility index (Phi) is 7.84. The van der Waals surface area contributed by atoms with Crippen molar-refractivity contribution in [1.29, 1.82) is 0 Å². The molecule has 0 heterocycles. The first kappa shape index (κ1) is 22.0. The van der Waals surface area contributed by atoms with Gasteiger partial charge in [0.25, 0.3) is 0 Å². The van der Waals surface area contributed by atoms with E-state index in [1.807, 2.05) is 6.08 Å². The number of hydrogen-bond donors (Lipinski definition) is 3. The molecule has 3 N–H and O–H groups in total. The lowest BCUT2D eigenvalue weighted by Crippen LogP contribution is -2.45. The van der Waals surface area contributed by atoms with Gasteiger partial charge < -0.3 is 20.1 Å². The first-order chi connectivity index (χ1) is 14.0. The van der Waals surface area contributed by atoms with Crippen LogP contribution in [0.15, 0.2) is 65.8 Å². The van der Waals surface area contributed by atoms with Gasteiger partial charge in [0.2, 0.25) is 0 Å². The van der Waals surface area contributed by atoms with Crippen molar-refractivity contribution < 1.29 is 20.1 Å². The molecule has 0 unspecified atom stereocenters. The van der Waals surface area contributed by atoms with Gasteiger partial charge in [-0.1, -0.05) is 61.6 Å². The van der Waals surface area contributed by atoms with E-state index in [-0.39, 0.29) is 6.61 Å². The zero-order chi connectivity index (χ0) is 20.8. The molecule has 2 saturated carbocycles. The van der Waals surface area contributed by atoms with Crippen LogP contribution in [0.2, 0.25) is 0 Å². The van der Waals surface area contributed by atoms with Gasteiger partial charge in [0.05, 0.1) is 6.10 Å². The van der Waals surface area contributed by atoms with Gasteiger partial charge >= 0.3 is 0 Å². The van der Waals surface area contributed by atoms with Crippen LogP contribution in [0.1, 0.15) is 50.5 Å². The number of aliphatic hydroxyl groups excluding tert-OH is 3. The highest BCUT2D eigenvalue weighted by Crippen LogP contribution is 2.41. The molecular weight excluding hydrogens is 364 g/mol. The zero-order valence-electron chi connectivity index (χ0n) is 17.3. The van der Waals surface area contributed by atoms with Crippen LogP contribution in [0.3, 0.4) is 0 Å². The largest absolute Gasteiger partial charge is 0.396 e. The predicted molar refractivity (Wildman–Crippen MR) is 116 cm³/mol. The molecule has 5 atom stereocenters. The lowest BCUT2D eigenvalue weighted by molar-refractivity contribution is -0.0968. The minimum absolute atomic E-state index is 0.0285. The van der Waals surface area contributed by atoms with Gasteiger partial charge in [0.1, 0.15) is 12.2 Å². The minimum atomic E-state index is -0.928. The molecule has 2 fully saturated rings. The Labute approximate surface area is 174 Å². The number of ether oxygens (including phenoxy) is 1. The quantitative estimate of drug-likeness (QED) is 0.636. The summed E-state index contributed by atoms with van der Waals surface area (Å²) < 4.78 is 5.58. The number of hydrogen-bond acceptors (Lipinski definition) is 4. The first-order valence-electron chi connectivity index (χ1n) is 10.7. The molecule has 29 heavy (non-hydrogen) atoms. The molecule has 1 aromatic carbocycles. The van der Waals surface area contributed by atoms with Crippen LogP contribution >= 0.6 is 0 Å². The van der Waals surface area contributed by atoms with E-state index in [1.54, 1.807) is 0 Å². The van der Waals surface area contributed by atoms with Crippen LogP contribution in [-0.2, 0) is 4.74 Å². The molecule has 0 bridgehead atoms. The molecule has 0 aliphatic heterocycles. The maximum absolute atomic E-state index is 10.5. The van der Waals surface area contributed by atoms with Crippen molar-refractivity contribution in [3.05, 3.63) is 71.3 Å². The molecule has 0 radical (unpaired) electrons. The van der Waals surface area contributed by atoms with Gasteiger partial charge in [-0.3, -0.25) is 0 Å². The third-order valence-electron chi connectivity index (χ3n) is 6.40. The van der Waals surface area contributed by atoms with Crippen LogP contribution in [0, 0.1) is 5.92 Å². The van der Waals surface area contributed by atoms with E-state index in [0.29, 0.717) is 36.9 Å². The van der Waals surface area contributed by atoms with Crippen LogP contribution in [0.25, 0.3) is 0 Å². The van der Waals surface area contributed by atoms with Gasteiger partial charge in [-0.25, -0.2) is 0 Å². The van der Waals surface area contributed by atoms with Crippen molar-refractivity contribution in [2.45, 2.75) is 63.3 Å². The van der Waals surface area contributed by atoms with E-state index >= 15 is 0 Å². The second kappa shape index (κ2) is 10.4. The molecule has 0 amide bonds. The monoisotopic (exact) mass is 398 g/mol. The van der Waals surface area contributed by atoms with Crippen molar-refractivity contribution in [1.82, 2.24) is 0 Å². The van der Waals surface area contributed by atoms with E-state index in [1.165, 1.54) is 24.0 Å². The van der Waals surface area contributed by atoms with Crippen LogP contribution < -0.4 is 0 Å². The van der Waals surface area contributed by atoms with Gasteiger partial charge in [-0.05, 0) is 54.2 Å². The van der Waals surface area contributed by atoms with E-state index in [4.69, 9.17) is 9.84 Å². The van der Waals surface area contributed by atoms with Crippen molar-refractivity contribution in [3.63, 3.8) is 0 Å². The van der Waals surface area contributed by atoms with Crippen molar-refractivity contribution in [2.24, 2.45) is 5.92 Å². The summed E-state index contributed by atoms with van der Waals surface area (Å²) in [4.78, 5) is 0. The Bertz CT molecular complexity index is 736. The maximum Gasteiger partial charge on any atom is 0.114 e. The number of allylic oxidation sites excluding steroid dienone is 3. The van der Waals surface area contributed by atoms with E-state index in [0.717, 1.165) is 12.0 Å². The zero-order valence-corrected chi connectivity index (χ0v) is 17.3. The van der Waals surface area contributed by atoms with Gasteiger partial charge in [-0.15, -0.1) is 0 Å². The summed E-state index contributed by atoms with van der Waals surface area (Å²) in [5, 5.41) is 29.9. The Balaban J connectivity index is 1.71.